The minimum atomic E-state index is -5.71. The van der Waals surface area contributed by atoms with E-state index in [2.05, 4.69) is 19.3 Å². The Morgan fingerprint density at radius 3 is 2.32 bits per heavy atom. The van der Waals surface area contributed by atoms with Crippen molar-refractivity contribution < 1.29 is 30.6 Å². The van der Waals surface area contributed by atoms with Crippen LogP contribution in [0.1, 0.15) is 49.9 Å². The lowest BCUT2D eigenvalue weighted by Crippen LogP contribution is -2.39. The fourth-order valence-electron chi connectivity index (χ4n) is 3.56. The number of benzene rings is 1. The van der Waals surface area contributed by atoms with Crippen LogP contribution in [0, 0.1) is 6.92 Å². The lowest BCUT2D eigenvalue weighted by Gasteiger charge is -2.30. The standard InChI is InChI=1S/C11H15N3O.C8H5Cl2F3O3S.C2H6/c15-11-2-1-5-14(11)9-4-3-8-7-12-13-10(8)6-9;1-4-6(9)2-5(3-7(4)10)16-17(14,15)8(11,12)13;1-2/h7,9H,1-6H2,(H,12,13);2-3H,1H3;1-2H3. The molecule has 2 aliphatic rings. The molecule has 0 bridgehead atoms. The third-order valence-electron chi connectivity index (χ3n) is 5.29. The Balaban J connectivity index is 0.000000225. The Morgan fingerprint density at radius 2 is 1.79 bits per heavy atom. The van der Waals surface area contributed by atoms with Crippen LogP contribution in [0.2, 0.25) is 10.0 Å². The minimum absolute atomic E-state index is 0.00451. The Hall–Kier alpha value is -1.98. The van der Waals surface area contributed by atoms with Crippen molar-refractivity contribution in [3.8, 4) is 5.75 Å². The van der Waals surface area contributed by atoms with Gasteiger partial charge in [0.05, 0.1) is 6.20 Å². The van der Waals surface area contributed by atoms with E-state index >= 15 is 0 Å². The van der Waals surface area contributed by atoms with E-state index in [9.17, 15) is 26.4 Å². The molecule has 1 aromatic heterocycles. The van der Waals surface area contributed by atoms with Gasteiger partial charge in [-0.1, -0.05) is 37.0 Å². The maximum Gasteiger partial charge on any atom is 0.534 e. The third-order valence-corrected chi connectivity index (χ3v) is 7.05. The highest BCUT2D eigenvalue weighted by Crippen LogP contribution is 2.33. The van der Waals surface area contributed by atoms with Gasteiger partial charge in [0.1, 0.15) is 5.75 Å². The first-order valence-electron chi connectivity index (χ1n) is 10.7. The van der Waals surface area contributed by atoms with Crippen LogP contribution in [0.25, 0.3) is 0 Å². The smallest absolute Gasteiger partial charge is 0.376 e. The van der Waals surface area contributed by atoms with Crippen LogP contribution < -0.4 is 4.18 Å². The number of aromatic amines is 1. The number of hydrogen-bond acceptors (Lipinski definition) is 5. The highest BCUT2D eigenvalue weighted by Gasteiger charge is 2.48. The van der Waals surface area contributed by atoms with Crippen LogP contribution >= 0.6 is 23.2 Å². The number of carbonyl (C=O) groups excluding carboxylic acids is 1. The van der Waals surface area contributed by atoms with E-state index in [-0.39, 0.29) is 10.0 Å². The number of carbonyl (C=O) groups is 1. The predicted molar refractivity (Wildman–Crippen MR) is 123 cm³/mol. The molecule has 190 valence electrons. The van der Waals surface area contributed by atoms with Gasteiger partial charge in [-0.3, -0.25) is 9.89 Å². The molecule has 34 heavy (non-hydrogen) atoms. The molecule has 1 aliphatic carbocycles. The van der Waals surface area contributed by atoms with Crippen molar-refractivity contribution in [1.29, 1.82) is 0 Å². The molecule has 7 nitrogen and oxygen atoms in total. The van der Waals surface area contributed by atoms with E-state index < -0.39 is 21.4 Å². The van der Waals surface area contributed by atoms with E-state index in [1.165, 1.54) is 18.2 Å². The van der Waals surface area contributed by atoms with Gasteiger partial charge in [-0.25, -0.2) is 0 Å². The van der Waals surface area contributed by atoms with Gasteiger partial charge in [-0.05, 0) is 37.3 Å². The van der Waals surface area contributed by atoms with Crippen LogP contribution in [-0.2, 0) is 27.8 Å². The Morgan fingerprint density at radius 1 is 1.18 bits per heavy atom. The first-order valence-corrected chi connectivity index (χ1v) is 12.8. The summed E-state index contributed by atoms with van der Waals surface area (Å²) in [6.45, 7) is 6.47. The summed E-state index contributed by atoms with van der Waals surface area (Å²) in [5.74, 6) is -0.258. The van der Waals surface area contributed by atoms with E-state index in [0.29, 0.717) is 17.5 Å². The first-order chi connectivity index (χ1) is 15.9. The van der Waals surface area contributed by atoms with E-state index in [1.807, 2.05) is 20.0 Å². The van der Waals surface area contributed by atoms with Crippen LogP contribution in [-0.4, -0.2) is 47.5 Å². The van der Waals surface area contributed by atoms with Gasteiger partial charge in [0.15, 0.2) is 0 Å². The number of H-pyrrole nitrogens is 1. The molecule has 4 rings (SSSR count). The molecule has 2 heterocycles. The molecule has 1 N–H and O–H groups in total. The van der Waals surface area contributed by atoms with Crippen molar-refractivity contribution in [3.63, 3.8) is 0 Å². The van der Waals surface area contributed by atoms with Crippen molar-refractivity contribution in [3.05, 3.63) is 45.2 Å². The maximum absolute atomic E-state index is 12.0. The molecule has 0 spiro atoms. The zero-order chi connectivity index (χ0) is 25.7. The second kappa shape index (κ2) is 11.6. The van der Waals surface area contributed by atoms with Gasteiger partial charge in [0.25, 0.3) is 0 Å². The van der Waals surface area contributed by atoms with E-state index in [0.717, 1.165) is 50.8 Å². The SMILES string of the molecule is CC.Cc1c(Cl)cc(OS(=O)(=O)C(F)(F)F)cc1Cl.O=C1CCCN1C1CCc2cn[nH]c2C1. The first kappa shape index (κ1) is 28.3. The molecule has 1 fully saturated rings. The summed E-state index contributed by atoms with van der Waals surface area (Å²) in [6.07, 6.45) is 6.80. The molecule has 1 amide bonds. The lowest BCUT2D eigenvalue weighted by molar-refractivity contribution is -0.129. The van der Waals surface area contributed by atoms with Crippen molar-refractivity contribution in [2.24, 2.45) is 0 Å². The fourth-order valence-corrected chi connectivity index (χ4v) is 4.47. The second-order valence-corrected chi connectivity index (χ2v) is 9.81. The number of aryl methyl sites for hydroxylation is 1. The number of fused-ring (bicyclic) bond motifs is 1. The molecule has 2 aromatic rings. The number of halogens is 5. The average Bonchev–Trinajstić information content (AvgIpc) is 3.41. The number of nitrogens with one attached hydrogen (secondary N) is 1. The van der Waals surface area contributed by atoms with Crippen LogP contribution in [0.5, 0.6) is 5.75 Å². The maximum atomic E-state index is 12.0. The molecule has 13 heteroatoms. The molecule has 0 radical (unpaired) electrons. The van der Waals surface area contributed by atoms with Gasteiger partial charge in [0.2, 0.25) is 5.91 Å². The monoisotopic (exact) mass is 543 g/mol. The van der Waals surface area contributed by atoms with Gasteiger partial charge in [-0.2, -0.15) is 26.7 Å². The van der Waals surface area contributed by atoms with E-state index in [1.54, 1.807) is 0 Å². The van der Waals surface area contributed by atoms with Gasteiger partial charge in [0, 0.05) is 53.3 Å². The van der Waals surface area contributed by atoms with Crippen molar-refractivity contribution in [1.82, 2.24) is 15.1 Å². The number of rotatable bonds is 3. The highest BCUT2D eigenvalue weighted by atomic mass is 35.5. The largest absolute Gasteiger partial charge is 0.534 e. The number of nitrogens with zero attached hydrogens (tertiary/aromatic N) is 2. The molecule has 1 unspecified atom stereocenters. The fraction of sp³-hybridized carbons (Fsp3) is 0.524. The summed E-state index contributed by atoms with van der Waals surface area (Å²) >= 11 is 11.2. The lowest BCUT2D eigenvalue weighted by atomic mass is 9.93. The predicted octanol–water partition coefficient (Wildman–Crippen LogP) is 5.45. The van der Waals surface area contributed by atoms with Crippen molar-refractivity contribution in [2.75, 3.05) is 6.54 Å². The molecule has 1 aliphatic heterocycles. The van der Waals surface area contributed by atoms with Crippen molar-refractivity contribution in [2.45, 2.75) is 64.4 Å². The Kier molecular flexibility index (Phi) is 9.67. The summed E-state index contributed by atoms with van der Waals surface area (Å²) in [4.78, 5) is 13.7. The molecular weight excluding hydrogens is 518 g/mol. The number of hydrogen-bond donors (Lipinski definition) is 1. The second-order valence-electron chi connectivity index (χ2n) is 7.46. The number of amides is 1. The van der Waals surface area contributed by atoms with Gasteiger partial charge < -0.3 is 9.08 Å². The topological polar surface area (TPSA) is 92.4 Å². The summed E-state index contributed by atoms with van der Waals surface area (Å²) < 4.78 is 61.3. The molecular formula is C21H26Cl2F3N3O4S. The highest BCUT2D eigenvalue weighted by molar-refractivity contribution is 7.88. The number of likely N-dealkylation sites (tertiary alicyclic amines) is 1. The Bertz CT molecular complexity index is 1080. The summed E-state index contributed by atoms with van der Waals surface area (Å²) in [6, 6.07) is 2.28. The quantitative estimate of drug-likeness (QED) is 0.410. The number of aromatic nitrogens is 2. The normalized spacial score (nSPS) is 17.8. The van der Waals surface area contributed by atoms with Crippen LogP contribution in [0.3, 0.4) is 0 Å². The third kappa shape index (κ3) is 6.79. The summed E-state index contributed by atoms with van der Waals surface area (Å²) in [7, 11) is -5.71. The van der Waals surface area contributed by atoms with Crippen LogP contribution in [0.15, 0.2) is 18.3 Å². The Labute approximate surface area is 206 Å². The number of alkyl halides is 3. The van der Waals surface area contributed by atoms with E-state index in [4.69, 9.17) is 23.2 Å². The summed E-state index contributed by atoms with van der Waals surface area (Å²) in [5.41, 5.74) is -2.54. The van der Waals surface area contributed by atoms with Gasteiger partial charge >= 0.3 is 15.6 Å². The zero-order valence-corrected chi connectivity index (χ0v) is 21.2. The molecule has 0 saturated carbocycles. The zero-order valence-electron chi connectivity index (χ0n) is 18.9. The van der Waals surface area contributed by atoms with Crippen molar-refractivity contribution >= 4 is 39.2 Å². The van der Waals surface area contributed by atoms with Crippen LogP contribution in [0.4, 0.5) is 13.2 Å². The average molecular weight is 544 g/mol. The molecule has 1 saturated heterocycles. The summed E-state index contributed by atoms with van der Waals surface area (Å²) in [5, 5.41) is 7.10. The minimum Gasteiger partial charge on any atom is -0.376 e. The van der Waals surface area contributed by atoms with Gasteiger partial charge in [-0.15, -0.1) is 0 Å². The molecule has 1 atom stereocenters. The molecule has 1 aromatic carbocycles.